The molecule has 0 heterocycles. The molecule has 1 atom stereocenters. The van der Waals surface area contributed by atoms with Gasteiger partial charge in [0.2, 0.25) is 10.0 Å². The molecule has 0 aromatic rings. The normalized spacial score (nSPS) is 12.9. The first-order valence-corrected chi connectivity index (χ1v) is 11.3. The van der Waals surface area contributed by atoms with E-state index in [2.05, 4.69) is 16.4 Å². The van der Waals surface area contributed by atoms with Gasteiger partial charge in [-0.15, -0.1) is 0 Å². The Hall–Kier alpha value is -0.660. The molecule has 0 aliphatic rings. The van der Waals surface area contributed by atoms with Gasteiger partial charge in [-0.3, -0.25) is 4.79 Å². The number of ether oxygens (including phenoxy) is 1. The number of unbranched alkanes of at least 4 members (excludes halogenated alkanes) is 6. The number of carbonyl (C=O) groups excluding carboxylic acids is 1. The number of aliphatic hydroxyl groups excluding tert-OH is 1. The number of methoxy groups -OCH3 is 1. The lowest BCUT2D eigenvalue weighted by Crippen LogP contribution is -2.27. The number of hydrogen-bond acceptors (Lipinski definition) is 5. The van der Waals surface area contributed by atoms with E-state index < -0.39 is 10.0 Å². The minimum Gasteiger partial charge on any atom is -0.469 e. The summed E-state index contributed by atoms with van der Waals surface area (Å²) >= 11 is 0. The lowest BCUT2D eigenvalue weighted by Gasteiger charge is -2.10. The Morgan fingerprint density at radius 3 is 2.28 bits per heavy atom. The number of sulfonamides is 1. The Labute approximate surface area is 153 Å². The summed E-state index contributed by atoms with van der Waals surface area (Å²) in [5.74, 6) is -0.0759. The van der Waals surface area contributed by atoms with Gasteiger partial charge in [0.05, 0.1) is 19.0 Å². The van der Waals surface area contributed by atoms with E-state index in [1.165, 1.54) is 7.11 Å². The average molecular weight is 380 g/mol. The maximum absolute atomic E-state index is 11.9. The summed E-state index contributed by atoms with van der Waals surface area (Å²) in [7, 11) is -1.84. The molecule has 0 bridgehead atoms. The second-order valence-electron chi connectivity index (χ2n) is 6.60. The van der Waals surface area contributed by atoms with Crippen molar-refractivity contribution in [3.05, 3.63) is 0 Å². The third-order valence-corrected chi connectivity index (χ3v) is 5.67. The highest BCUT2D eigenvalue weighted by molar-refractivity contribution is 7.89. The number of aliphatic hydroxyl groups is 1. The summed E-state index contributed by atoms with van der Waals surface area (Å²) in [6.45, 7) is 2.58. The Bertz CT molecular complexity index is 425. The average Bonchev–Trinajstić information content (AvgIpc) is 2.57. The summed E-state index contributed by atoms with van der Waals surface area (Å²) in [5.41, 5.74) is 0. The summed E-state index contributed by atoms with van der Waals surface area (Å²) in [6.07, 6.45) is 9.60. The predicted octanol–water partition coefficient (Wildman–Crippen LogP) is 3.14. The Balaban J connectivity index is 3.57. The Morgan fingerprint density at radius 2 is 1.64 bits per heavy atom. The van der Waals surface area contributed by atoms with Crippen molar-refractivity contribution in [1.29, 1.82) is 0 Å². The van der Waals surface area contributed by atoms with Crippen LogP contribution >= 0.6 is 0 Å². The lowest BCUT2D eigenvalue weighted by molar-refractivity contribution is -0.140. The van der Waals surface area contributed by atoms with Crippen LogP contribution in [0, 0.1) is 0 Å². The summed E-state index contributed by atoms with van der Waals surface area (Å²) < 4.78 is 30.9. The van der Waals surface area contributed by atoms with Gasteiger partial charge < -0.3 is 9.84 Å². The van der Waals surface area contributed by atoms with Crippen LogP contribution in [-0.4, -0.2) is 45.0 Å². The molecule has 7 heteroatoms. The van der Waals surface area contributed by atoms with Gasteiger partial charge in [0, 0.05) is 13.0 Å². The maximum Gasteiger partial charge on any atom is 0.305 e. The first-order valence-electron chi connectivity index (χ1n) is 9.63. The minimum atomic E-state index is -3.22. The zero-order valence-electron chi connectivity index (χ0n) is 16.0. The van der Waals surface area contributed by atoms with Gasteiger partial charge in [-0.05, 0) is 38.5 Å². The van der Waals surface area contributed by atoms with Gasteiger partial charge in [0.15, 0.2) is 0 Å². The largest absolute Gasteiger partial charge is 0.469 e. The number of hydrogen-bond donors (Lipinski definition) is 2. The van der Waals surface area contributed by atoms with Gasteiger partial charge in [0.25, 0.3) is 0 Å². The first-order chi connectivity index (χ1) is 11.9. The number of rotatable bonds is 17. The van der Waals surface area contributed by atoms with Crippen LogP contribution in [0.5, 0.6) is 0 Å². The van der Waals surface area contributed by atoms with Crippen molar-refractivity contribution in [3.63, 3.8) is 0 Å². The predicted molar refractivity (Wildman–Crippen MR) is 101 cm³/mol. The van der Waals surface area contributed by atoms with Crippen LogP contribution in [0.4, 0.5) is 0 Å². The van der Waals surface area contributed by atoms with E-state index in [1.54, 1.807) is 0 Å². The fraction of sp³-hybridized carbons (Fsp3) is 0.944. The van der Waals surface area contributed by atoms with Crippen LogP contribution in [0.25, 0.3) is 0 Å². The molecule has 2 N–H and O–H groups in total. The zero-order valence-corrected chi connectivity index (χ0v) is 16.8. The Morgan fingerprint density at radius 1 is 1.00 bits per heavy atom. The van der Waals surface area contributed by atoms with Crippen molar-refractivity contribution >= 4 is 16.0 Å². The molecule has 0 rings (SSSR count). The smallest absolute Gasteiger partial charge is 0.305 e. The van der Waals surface area contributed by atoms with Crippen LogP contribution in [0.2, 0.25) is 0 Å². The van der Waals surface area contributed by atoms with Crippen molar-refractivity contribution in [2.45, 2.75) is 90.1 Å². The van der Waals surface area contributed by atoms with Crippen molar-refractivity contribution in [2.75, 3.05) is 19.4 Å². The summed E-state index contributed by atoms with van der Waals surface area (Å²) in [4.78, 5) is 10.9. The van der Waals surface area contributed by atoms with Gasteiger partial charge >= 0.3 is 5.97 Å². The van der Waals surface area contributed by atoms with Crippen molar-refractivity contribution in [2.24, 2.45) is 0 Å². The highest BCUT2D eigenvalue weighted by Crippen LogP contribution is 2.10. The van der Waals surface area contributed by atoms with Crippen LogP contribution in [0.1, 0.15) is 84.0 Å². The fourth-order valence-corrected chi connectivity index (χ4v) is 3.78. The molecule has 0 amide bonds. The fourth-order valence-electron chi connectivity index (χ4n) is 2.60. The molecular weight excluding hydrogens is 342 g/mol. The summed E-state index contributed by atoms with van der Waals surface area (Å²) in [5, 5.41) is 9.81. The lowest BCUT2D eigenvalue weighted by atomic mass is 10.1. The molecule has 25 heavy (non-hydrogen) atoms. The van der Waals surface area contributed by atoms with Crippen LogP contribution in [-0.2, 0) is 19.6 Å². The van der Waals surface area contributed by atoms with E-state index in [1.807, 2.05) is 0 Å². The van der Waals surface area contributed by atoms with Crippen LogP contribution < -0.4 is 4.72 Å². The monoisotopic (exact) mass is 379 g/mol. The van der Waals surface area contributed by atoms with Gasteiger partial charge in [0.1, 0.15) is 0 Å². The standard InChI is InChI=1S/C18H37NO5S/c1-3-4-7-12-17(20)13-9-11-16-25(22,23)19-15-10-6-5-8-14-18(21)24-2/h17,19-20H,3-16H2,1-2H3. The van der Waals surface area contributed by atoms with Gasteiger partial charge in [-0.1, -0.05) is 39.0 Å². The molecule has 150 valence electrons. The second-order valence-corrected chi connectivity index (χ2v) is 8.53. The molecule has 0 aromatic heterocycles. The van der Waals surface area contributed by atoms with E-state index in [0.29, 0.717) is 25.8 Å². The topological polar surface area (TPSA) is 92.7 Å². The van der Waals surface area contributed by atoms with Gasteiger partial charge in [-0.25, -0.2) is 13.1 Å². The third kappa shape index (κ3) is 16.6. The molecule has 0 aliphatic carbocycles. The van der Waals surface area contributed by atoms with E-state index in [4.69, 9.17) is 0 Å². The molecule has 0 aliphatic heterocycles. The molecule has 0 saturated carbocycles. The SMILES string of the molecule is CCCCCC(O)CCCCS(=O)(=O)NCCCCCCC(=O)OC. The van der Waals surface area contributed by atoms with Crippen molar-refractivity contribution in [3.8, 4) is 0 Å². The van der Waals surface area contributed by atoms with E-state index in [9.17, 15) is 18.3 Å². The Kier molecular flexibility index (Phi) is 15.2. The molecule has 6 nitrogen and oxygen atoms in total. The molecule has 0 radical (unpaired) electrons. The molecule has 0 saturated heterocycles. The summed E-state index contributed by atoms with van der Waals surface area (Å²) in [6, 6.07) is 0. The minimum absolute atomic E-state index is 0.122. The highest BCUT2D eigenvalue weighted by Gasteiger charge is 2.10. The maximum atomic E-state index is 11.9. The van der Waals surface area contributed by atoms with Crippen LogP contribution in [0.3, 0.4) is 0 Å². The molecule has 0 spiro atoms. The molecule has 1 unspecified atom stereocenters. The molecule has 0 aromatic carbocycles. The van der Waals surface area contributed by atoms with Crippen LogP contribution in [0.15, 0.2) is 0 Å². The van der Waals surface area contributed by atoms with Crippen molar-refractivity contribution < 1.29 is 23.1 Å². The highest BCUT2D eigenvalue weighted by atomic mass is 32.2. The quantitative estimate of drug-likeness (QED) is 0.299. The third-order valence-electron chi connectivity index (χ3n) is 4.20. The van der Waals surface area contributed by atoms with E-state index >= 15 is 0 Å². The first kappa shape index (κ1) is 24.3. The number of esters is 1. The zero-order chi connectivity index (χ0) is 19.0. The second kappa shape index (κ2) is 15.6. The van der Waals surface area contributed by atoms with E-state index in [-0.39, 0.29) is 17.8 Å². The molecular formula is C18H37NO5S. The molecule has 0 fully saturated rings. The number of carbonyl (C=O) groups is 1. The van der Waals surface area contributed by atoms with Crippen molar-refractivity contribution in [1.82, 2.24) is 4.72 Å². The number of nitrogens with one attached hydrogen (secondary N) is 1. The van der Waals surface area contributed by atoms with E-state index in [0.717, 1.165) is 57.8 Å². The van der Waals surface area contributed by atoms with Gasteiger partial charge in [-0.2, -0.15) is 0 Å².